The zero-order valence-corrected chi connectivity index (χ0v) is 7.70. The molecule has 2 N–H and O–H groups in total. The monoisotopic (exact) mass is 184 g/mol. The molecule has 0 aromatic rings. The maximum atomic E-state index is 11.4. The van der Waals surface area contributed by atoms with Crippen LogP contribution in [0.15, 0.2) is 0 Å². The van der Waals surface area contributed by atoms with Crippen LogP contribution in [0.2, 0.25) is 0 Å². The summed E-state index contributed by atoms with van der Waals surface area (Å²) in [6, 6.07) is 0.341. The van der Waals surface area contributed by atoms with E-state index in [0.29, 0.717) is 24.9 Å². The summed E-state index contributed by atoms with van der Waals surface area (Å²) in [5.41, 5.74) is 3.17. The van der Waals surface area contributed by atoms with Crippen LogP contribution >= 0.6 is 0 Å². The number of hydrogen-bond donors (Lipinski definition) is 2. The van der Waals surface area contributed by atoms with E-state index in [1.165, 1.54) is 19.3 Å². The normalized spacial score (nSPS) is 29.5. The molecule has 0 spiro atoms. The van der Waals surface area contributed by atoms with Crippen LogP contribution in [0.25, 0.3) is 0 Å². The van der Waals surface area contributed by atoms with E-state index in [9.17, 15) is 4.79 Å². The maximum absolute atomic E-state index is 11.4. The van der Waals surface area contributed by atoms with Gasteiger partial charge in [0.05, 0.1) is 13.2 Å². The Balaban J connectivity index is 1.86. The van der Waals surface area contributed by atoms with Crippen LogP contribution in [-0.2, 0) is 4.79 Å². The standard InChI is InChI=1S/C9H16N2O2/c12-5-4-11-9(13)6-8(10-11)7-2-1-3-7/h7-8,10,12H,1-6H2. The first-order chi connectivity index (χ1) is 6.31. The highest BCUT2D eigenvalue weighted by molar-refractivity contribution is 5.78. The van der Waals surface area contributed by atoms with Crippen molar-refractivity contribution in [3.63, 3.8) is 0 Å². The summed E-state index contributed by atoms with van der Waals surface area (Å²) in [5, 5.41) is 10.3. The molecule has 0 radical (unpaired) electrons. The number of hydrogen-bond acceptors (Lipinski definition) is 3. The molecule has 2 rings (SSSR count). The Hall–Kier alpha value is -0.610. The molecule has 0 aromatic heterocycles. The van der Waals surface area contributed by atoms with Gasteiger partial charge in [-0.2, -0.15) is 0 Å². The van der Waals surface area contributed by atoms with Crippen LogP contribution in [0.3, 0.4) is 0 Å². The number of carbonyl (C=O) groups is 1. The predicted octanol–water partition coefficient (Wildman–Crippen LogP) is -0.116. The summed E-state index contributed by atoms with van der Waals surface area (Å²) in [6.45, 7) is 0.457. The molecule has 2 aliphatic rings. The van der Waals surface area contributed by atoms with Crippen LogP contribution < -0.4 is 5.43 Å². The lowest BCUT2D eigenvalue weighted by Crippen LogP contribution is -2.43. The summed E-state index contributed by atoms with van der Waals surface area (Å²) < 4.78 is 0. The minimum atomic E-state index is 0.0378. The van der Waals surface area contributed by atoms with Gasteiger partial charge in [-0.05, 0) is 18.8 Å². The summed E-state index contributed by atoms with van der Waals surface area (Å²) in [6.07, 6.45) is 4.41. The molecule has 1 heterocycles. The van der Waals surface area contributed by atoms with Crippen molar-refractivity contribution in [2.45, 2.75) is 31.7 Å². The molecular weight excluding hydrogens is 168 g/mol. The average molecular weight is 184 g/mol. The Bertz CT molecular complexity index is 204. The van der Waals surface area contributed by atoms with Crippen molar-refractivity contribution in [2.75, 3.05) is 13.2 Å². The second kappa shape index (κ2) is 3.64. The number of amides is 1. The minimum Gasteiger partial charge on any atom is -0.394 e. The van der Waals surface area contributed by atoms with Gasteiger partial charge < -0.3 is 5.11 Å². The second-order valence-electron chi connectivity index (χ2n) is 3.90. The zero-order valence-electron chi connectivity index (χ0n) is 7.70. The Kier molecular flexibility index (Phi) is 2.51. The largest absolute Gasteiger partial charge is 0.394 e. The Morgan fingerprint density at radius 2 is 2.31 bits per heavy atom. The number of aliphatic hydroxyl groups is 1. The van der Waals surface area contributed by atoms with Gasteiger partial charge in [-0.15, -0.1) is 0 Å². The summed E-state index contributed by atoms with van der Waals surface area (Å²) in [4.78, 5) is 11.4. The number of β-amino-alcohol motifs (C(OH)–C–C–N with tert-alkyl or cyclic N) is 1. The molecule has 1 aliphatic heterocycles. The number of nitrogens with one attached hydrogen (secondary N) is 1. The van der Waals surface area contributed by atoms with Crippen LogP contribution in [0, 0.1) is 5.92 Å². The Labute approximate surface area is 77.9 Å². The quantitative estimate of drug-likeness (QED) is 0.643. The van der Waals surface area contributed by atoms with E-state index in [1.54, 1.807) is 5.01 Å². The summed E-state index contributed by atoms with van der Waals surface area (Å²) in [7, 11) is 0. The van der Waals surface area contributed by atoms with E-state index >= 15 is 0 Å². The fourth-order valence-corrected chi connectivity index (χ4v) is 2.02. The molecule has 1 atom stereocenters. The first kappa shape index (κ1) is 8.97. The van der Waals surface area contributed by atoms with Gasteiger partial charge in [0, 0.05) is 12.5 Å². The molecule has 1 saturated heterocycles. The molecule has 1 unspecified atom stereocenters. The van der Waals surface area contributed by atoms with Gasteiger partial charge in [0.1, 0.15) is 0 Å². The highest BCUT2D eigenvalue weighted by atomic mass is 16.3. The number of rotatable bonds is 3. The Morgan fingerprint density at radius 1 is 1.54 bits per heavy atom. The molecule has 2 fully saturated rings. The van der Waals surface area contributed by atoms with E-state index in [2.05, 4.69) is 5.43 Å². The topological polar surface area (TPSA) is 52.6 Å². The predicted molar refractivity (Wildman–Crippen MR) is 47.7 cm³/mol. The number of aliphatic hydroxyl groups excluding tert-OH is 1. The molecule has 4 nitrogen and oxygen atoms in total. The average Bonchev–Trinajstić information content (AvgIpc) is 2.30. The SMILES string of the molecule is O=C1CC(C2CCC2)NN1CCO. The van der Waals surface area contributed by atoms with Crippen molar-refractivity contribution in [1.82, 2.24) is 10.4 Å². The third-order valence-electron chi connectivity index (χ3n) is 3.06. The van der Waals surface area contributed by atoms with Gasteiger partial charge in [0.2, 0.25) is 5.91 Å². The van der Waals surface area contributed by atoms with Gasteiger partial charge in [0.15, 0.2) is 0 Å². The summed E-state index contributed by atoms with van der Waals surface area (Å²) >= 11 is 0. The van der Waals surface area contributed by atoms with Crippen LogP contribution in [-0.4, -0.2) is 35.2 Å². The first-order valence-corrected chi connectivity index (χ1v) is 4.98. The van der Waals surface area contributed by atoms with Crippen molar-refractivity contribution >= 4 is 5.91 Å². The van der Waals surface area contributed by atoms with Crippen molar-refractivity contribution in [3.05, 3.63) is 0 Å². The van der Waals surface area contributed by atoms with E-state index in [-0.39, 0.29) is 12.5 Å². The molecular formula is C9H16N2O2. The Morgan fingerprint density at radius 3 is 2.85 bits per heavy atom. The second-order valence-corrected chi connectivity index (χ2v) is 3.90. The zero-order chi connectivity index (χ0) is 9.26. The van der Waals surface area contributed by atoms with Crippen molar-refractivity contribution in [2.24, 2.45) is 5.92 Å². The first-order valence-electron chi connectivity index (χ1n) is 4.98. The lowest BCUT2D eigenvalue weighted by Gasteiger charge is -2.31. The highest BCUT2D eigenvalue weighted by Gasteiger charge is 2.36. The third kappa shape index (κ3) is 1.69. The maximum Gasteiger partial charge on any atom is 0.238 e. The van der Waals surface area contributed by atoms with Crippen LogP contribution in [0.1, 0.15) is 25.7 Å². The van der Waals surface area contributed by atoms with Crippen molar-refractivity contribution in [3.8, 4) is 0 Å². The van der Waals surface area contributed by atoms with Crippen molar-refractivity contribution in [1.29, 1.82) is 0 Å². The molecule has 0 aromatic carbocycles. The van der Waals surface area contributed by atoms with Gasteiger partial charge in [-0.3, -0.25) is 9.80 Å². The lowest BCUT2D eigenvalue weighted by atomic mass is 9.79. The molecule has 0 bridgehead atoms. The molecule has 1 saturated carbocycles. The van der Waals surface area contributed by atoms with Gasteiger partial charge in [0.25, 0.3) is 0 Å². The third-order valence-corrected chi connectivity index (χ3v) is 3.06. The lowest BCUT2D eigenvalue weighted by molar-refractivity contribution is -0.130. The fraction of sp³-hybridized carbons (Fsp3) is 0.889. The number of hydrazine groups is 1. The van der Waals surface area contributed by atoms with E-state index in [1.807, 2.05) is 0 Å². The van der Waals surface area contributed by atoms with Crippen molar-refractivity contribution < 1.29 is 9.90 Å². The van der Waals surface area contributed by atoms with Gasteiger partial charge in [-0.1, -0.05) is 6.42 Å². The molecule has 4 heteroatoms. The fourth-order valence-electron chi connectivity index (χ4n) is 2.02. The number of nitrogens with zero attached hydrogens (tertiary/aromatic N) is 1. The molecule has 1 aliphatic carbocycles. The van der Waals surface area contributed by atoms with Gasteiger partial charge in [-0.25, -0.2) is 5.43 Å². The van der Waals surface area contributed by atoms with E-state index < -0.39 is 0 Å². The highest BCUT2D eigenvalue weighted by Crippen LogP contribution is 2.32. The van der Waals surface area contributed by atoms with Gasteiger partial charge >= 0.3 is 0 Å². The molecule has 13 heavy (non-hydrogen) atoms. The minimum absolute atomic E-state index is 0.0378. The van der Waals surface area contributed by atoms with E-state index in [4.69, 9.17) is 5.11 Å². The summed E-state index contributed by atoms with van der Waals surface area (Å²) in [5.74, 6) is 0.818. The number of carbonyl (C=O) groups excluding carboxylic acids is 1. The van der Waals surface area contributed by atoms with Crippen LogP contribution in [0.5, 0.6) is 0 Å². The van der Waals surface area contributed by atoms with E-state index in [0.717, 1.165) is 0 Å². The molecule has 1 amide bonds. The smallest absolute Gasteiger partial charge is 0.238 e. The van der Waals surface area contributed by atoms with Crippen LogP contribution in [0.4, 0.5) is 0 Å². The molecule has 74 valence electrons.